The van der Waals surface area contributed by atoms with Gasteiger partial charge in [0, 0.05) is 28.5 Å². The van der Waals surface area contributed by atoms with Gasteiger partial charge >= 0.3 is 0 Å². The summed E-state index contributed by atoms with van der Waals surface area (Å²) in [7, 11) is 0. The molecule has 116 valence electrons. The lowest BCUT2D eigenvalue weighted by Crippen LogP contribution is -2.16. The van der Waals surface area contributed by atoms with E-state index in [0.717, 1.165) is 5.56 Å². The van der Waals surface area contributed by atoms with Crippen molar-refractivity contribution in [1.82, 2.24) is 5.32 Å². The zero-order valence-electron chi connectivity index (χ0n) is 12.0. The number of nitriles is 1. The van der Waals surface area contributed by atoms with Gasteiger partial charge in [-0.05, 0) is 42.0 Å². The van der Waals surface area contributed by atoms with Crippen molar-refractivity contribution in [1.29, 1.82) is 5.26 Å². The van der Waals surface area contributed by atoms with Crippen LogP contribution in [0, 0.1) is 11.3 Å². The van der Waals surface area contributed by atoms with Gasteiger partial charge in [0.15, 0.2) is 0 Å². The van der Waals surface area contributed by atoms with E-state index in [1.54, 1.807) is 30.3 Å². The molecule has 0 spiro atoms. The maximum atomic E-state index is 12.0. The average molecular weight is 346 g/mol. The van der Waals surface area contributed by atoms with Crippen LogP contribution in [0.3, 0.4) is 0 Å². The molecule has 0 unspecified atom stereocenters. The quantitative estimate of drug-likeness (QED) is 0.632. The summed E-state index contributed by atoms with van der Waals surface area (Å²) in [5.74, 6) is -0.492. The van der Waals surface area contributed by atoms with E-state index >= 15 is 0 Å². The summed E-state index contributed by atoms with van der Waals surface area (Å²) in [6.45, 7) is 0.458. The van der Waals surface area contributed by atoms with Crippen LogP contribution < -0.4 is 10.6 Å². The molecule has 0 heterocycles. The van der Waals surface area contributed by atoms with Gasteiger partial charge in [-0.1, -0.05) is 35.3 Å². The summed E-state index contributed by atoms with van der Waals surface area (Å²) < 4.78 is 0. The van der Waals surface area contributed by atoms with Crippen LogP contribution in [0.4, 0.5) is 5.69 Å². The summed E-state index contributed by atoms with van der Waals surface area (Å²) in [6.07, 6.45) is 1.38. The van der Waals surface area contributed by atoms with Crippen molar-refractivity contribution >= 4 is 34.8 Å². The number of amides is 1. The molecule has 0 bridgehead atoms. The second-order valence-electron chi connectivity index (χ2n) is 4.64. The minimum atomic E-state index is -0.492. The van der Waals surface area contributed by atoms with Gasteiger partial charge < -0.3 is 10.6 Å². The molecule has 6 heteroatoms. The fourth-order valence-corrected chi connectivity index (χ4v) is 2.14. The van der Waals surface area contributed by atoms with Crippen LogP contribution in [0.1, 0.15) is 5.56 Å². The van der Waals surface area contributed by atoms with Gasteiger partial charge in [-0.25, -0.2) is 0 Å². The molecule has 0 fully saturated rings. The highest BCUT2D eigenvalue weighted by Crippen LogP contribution is 2.14. The van der Waals surface area contributed by atoms with Crippen LogP contribution in [0.5, 0.6) is 0 Å². The molecule has 2 aromatic rings. The van der Waals surface area contributed by atoms with Gasteiger partial charge in [-0.2, -0.15) is 5.26 Å². The number of benzene rings is 2. The van der Waals surface area contributed by atoms with Crippen LogP contribution in [-0.4, -0.2) is 5.91 Å². The summed E-state index contributed by atoms with van der Waals surface area (Å²) in [6, 6.07) is 15.8. The highest BCUT2D eigenvalue weighted by Gasteiger charge is 2.09. The molecule has 0 aliphatic carbocycles. The lowest BCUT2D eigenvalue weighted by Gasteiger charge is -2.05. The van der Waals surface area contributed by atoms with Gasteiger partial charge in [0.1, 0.15) is 11.6 Å². The maximum Gasteiger partial charge on any atom is 0.267 e. The molecule has 0 radical (unpaired) electrons. The topological polar surface area (TPSA) is 64.9 Å². The van der Waals surface area contributed by atoms with Crippen molar-refractivity contribution in [3.05, 3.63) is 75.9 Å². The van der Waals surface area contributed by atoms with E-state index < -0.39 is 5.91 Å². The molecule has 1 amide bonds. The fourth-order valence-electron chi connectivity index (χ4n) is 1.80. The first kappa shape index (κ1) is 16.9. The number of carbonyl (C=O) groups is 1. The highest BCUT2D eigenvalue weighted by molar-refractivity contribution is 6.30. The second-order valence-corrected chi connectivity index (χ2v) is 5.51. The number of nitrogens with zero attached hydrogens (tertiary/aromatic N) is 1. The molecular weight excluding hydrogens is 333 g/mol. The van der Waals surface area contributed by atoms with Gasteiger partial charge in [0.05, 0.1) is 0 Å². The number of hydrogen-bond donors (Lipinski definition) is 2. The van der Waals surface area contributed by atoms with Gasteiger partial charge in [-0.15, -0.1) is 0 Å². The molecule has 2 aromatic carbocycles. The van der Waals surface area contributed by atoms with Gasteiger partial charge in [0.2, 0.25) is 0 Å². The molecule has 0 atom stereocenters. The highest BCUT2D eigenvalue weighted by atomic mass is 35.5. The summed E-state index contributed by atoms with van der Waals surface area (Å²) in [5, 5.41) is 15.9. The summed E-state index contributed by atoms with van der Waals surface area (Å²) in [5.41, 5.74) is 1.49. The van der Waals surface area contributed by atoms with E-state index in [9.17, 15) is 4.79 Å². The Labute approximate surface area is 144 Å². The molecule has 23 heavy (non-hydrogen) atoms. The van der Waals surface area contributed by atoms with E-state index in [-0.39, 0.29) is 5.57 Å². The minimum absolute atomic E-state index is 0.0259. The first-order valence-corrected chi connectivity index (χ1v) is 7.49. The van der Waals surface area contributed by atoms with E-state index in [1.165, 1.54) is 6.20 Å². The Morgan fingerprint density at radius 1 is 1.13 bits per heavy atom. The molecule has 0 aliphatic rings. The zero-order chi connectivity index (χ0) is 16.7. The first-order chi connectivity index (χ1) is 11.1. The monoisotopic (exact) mass is 345 g/mol. The Bertz CT molecular complexity index is 764. The van der Waals surface area contributed by atoms with Crippen molar-refractivity contribution in [3.63, 3.8) is 0 Å². The molecule has 4 nitrogen and oxygen atoms in total. The predicted octanol–water partition coefficient (Wildman–Crippen LogP) is 4.13. The van der Waals surface area contributed by atoms with E-state index in [1.807, 2.05) is 24.3 Å². The third kappa shape index (κ3) is 5.33. The molecule has 2 N–H and O–H groups in total. The molecular formula is C17H13Cl2N3O. The van der Waals surface area contributed by atoms with Crippen molar-refractivity contribution in [3.8, 4) is 6.07 Å². The Morgan fingerprint density at radius 2 is 1.87 bits per heavy atom. The third-order valence-electron chi connectivity index (χ3n) is 2.91. The predicted molar refractivity (Wildman–Crippen MR) is 92.1 cm³/mol. The standard InChI is InChI=1S/C17H13Cl2N3O/c18-14-4-6-16(7-5-14)22-17(23)13(9-20)11-21-10-12-2-1-3-15(19)8-12/h1-8,11,21H,10H2,(H,22,23)/b13-11-. The number of rotatable bonds is 5. The van der Waals surface area contributed by atoms with Crippen molar-refractivity contribution in [2.24, 2.45) is 0 Å². The largest absolute Gasteiger partial charge is 0.386 e. The molecule has 2 rings (SSSR count). The molecule has 0 saturated carbocycles. The Balaban J connectivity index is 1.96. The normalized spacial score (nSPS) is 10.7. The summed E-state index contributed by atoms with van der Waals surface area (Å²) >= 11 is 11.7. The van der Waals surface area contributed by atoms with Crippen LogP contribution in [0.2, 0.25) is 10.0 Å². The lowest BCUT2D eigenvalue weighted by molar-refractivity contribution is -0.112. The number of hydrogen-bond acceptors (Lipinski definition) is 3. The Morgan fingerprint density at radius 3 is 2.52 bits per heavy atom. The van der Waals surface area contributed by atoms with E-state index in [2.05, 4.69) is 10.6 Å². The summed E-state index contributed by atoms with van der Waals surface area (Å²) in [4.78, 5) is 12.0. The van der Waals surface area contributed by atoms with E-state index in [4.69, 9.17) is 28.5 Å². The van der Waals surface area contributed by atoms with Crippen molar-refractivity contribution < 1.29 is 4.79 Å². The third-order valence-corrected chi connectivity index (χ3v) is 3.40. The Kier molecular flexibility index (Phi) is 6.04. The minimum Gasteiger partial charge on any atom is -0.386 e. The van der Waals surface area contributed by atoms with Crippen LogP contribution in [-0.2, 0) is 11.3 Å². The van der Waals surface area contributed by atoms with Crippen LogP contribution in [0.15, 0.2) is 60.3 Å². The molecule has 0 aromatic heterocycles. The van der Waals surface area contributed by atoms with Crippen LogP contribution in [0.25, 0.3) is 0 Å². The number of anilines is 1. The number of halogens is 2. The molecule has 0 saturated heterocycles. The first-order valence-electron chi connectivity index (χ1n) is 6.73. The van der Waals surface area contributed by atoms with Crippen LogP contribution >= 0.6 is 23.2 Å². The fraction of sp³-hybridized carbons (Fsp3) is 0.0588. The Hall–Kier alpha value is -2.48. The average Bonchev–Trinajstić information content (AvgIpc) is 2.54. The van der Waals surface area contributed by atoms with Gasteiger partial charge in [-0.3, -0.25) is 4.79 Å². The zero-order valence-corrected chi connectivity index (χ0v) is 13.5. The smallest absolute Gasteiger partial charge is 0.267 e. The SMILES string of the molecule is N#C/C(=C/NCc1cccc(Cl)c1)C(=O)Nc1ccc(Cl)cc1. The number of carbonyl (C=O) groups excluding carboxylic acids is 1. The van der Waals surface area contributed by atoms with Gasteiger partial charge in [0.25, 0.3) is 5.91 Å². The second kappa shape index (κ2) is 8.23. The lowest BCUT2D eigenvalue weighted by atomic mass is 10.2. The van der Waals surface area contributed by atoms with Crippen molar-refractivity contribution in [2.75, 3.05) is 5.32 Å². The molecule has 0 aliphatic heterocycles. The van der Waals surface area contributed by atoms with E-state index in [0.29, 0.717) is 22.3 Å². The van der Waals surface area contributed by atoms with Crippen molar-refractivity contribution in [2.45, 2.75) is 6.54 Å². The maximum absolute atomic E-state index is 12.0. The number of nitrogens with one attached hydrogen (secondary N) is 2.